The molecule has 0 bridgehead atoms. The van der Waals surface area contributed by atoms with E-state index in [0.717, 1.165) is 4.31 Å². The molecule has 0 rings (SSSR count). The molecule has 58 valence electrons. The van der Waals surface area contributed by atoms with E-state index < -0.39 is 12.1 Å². The second-order valence-corrected chi connectivity index (χ2v) is 2.09. The van der Waals surface area contributed by atoms with E-state index in [4.69, 9.17) is 5.73 Å². The van der Waals surface area contributed by atoms with Crippen LogP contribution in [0, 0.1) is 0 Å². The summed E-state index contributed by atoms with van der Waals surface area (Å²) in [7, 11) is 0. The summed E-state index contributed by atoms with van der Waals surface area (Å²) in [6, 6.07) is 0. The third-order valence-corrected chi connectivity index (χ3v) is 1.34. The Morgan fingerprint density at radius 2 is 2.30 bits per heavy atom. The van der Waals surface area contributed by atoms with E-state index in [2.05, 4.69) is 25.6 Å². The van der Waals surface area contributed by atoms with Gasteiger partial charge in [0.25, 0.3) is 5.91 Å². The van der Waals surface area contributed by atoms with Gasteiger partial charge in [-0.2, -0.15) is 0 Å². The zero-order valence-corrected chi connectivity index (χ0v) is 6.68. The third-order valence-electron chi connectivity index (χ3n) is 0.772. The number of amides is 2. The van der Waals surface area contributed by atoms with E-state index in [1.54, 1.807) is 0 Å². The summed E-state index contributed by atoms with van der Waals surface area (Å²) in [5.74, 6) is -0.592. The maximum Gasteiger partial charge on any atom is 0.268 e. The molecule has 10 heavy (non-hydrogen) atoms. The average Bonchev–Trinajstić information content (AvgIpc) is 2.00. The van der Waals surface area contributed by atoms with Crippen molar-refractivity contribution in [1.29, 1.82) is 0 Å². The first-order valence-electron chi connectivity index (χ1n) is 2.25. The summed E-state index contributed by atoms with van der Waals surface area (Å²) in [6.45, 7) is 0. The highest BCUT2D eigenvalue weighted by Gasteiger charge is 2.15. The maximum atomic E-state index is 10.6. The van der Waals surface area contributed by atoms with E-state index in [1.165, 1.54) is 0 Å². The van der Waals surface area contributed by atoms with Gasteiger partial charge in [-0.3, -0.25) is 18.6 Å². The van der Waals surface area contributed by atoms with Gasteiger partial charge in [-0.25, -0.2) is 0 Å². The van der Waals surface area contributed by atoms with Crippen LogP contribution >= 0.6 is 25.6 Å². The Kier molecular flexibility index (Phi) is 4.24. The van der Waals surface area contributed by atoms with Crippen molar-refractivity contribution in [2.75, 3.05) is 0 Å². The molecule has 1 unspecified atom stereocenters. The molecule has 1 atom stereocenters. The predicted octanol–water partition coefficient (Wildman–Crippen LogP) is -1.46. The second-order valence-electron chi connectivity index (χ2n) is 1.41. The van der Waals surface area contributed by atoms with Crippen LogP contribution in [-0.4, -0.2) is 22.8 Å². The Bertz CT molecular complexity index is 142. The van der Waals surface area contributed by atoms with Crippen LogP contribution in [0.5, 0.6) is 0 Å². The van der Waals surface area contributed by atoms with Crippen LogP contribution in [0.25, 0.3) is 0 Å². The third kappa shape index (κ3) is 2.46. The molecule has 0 saturated carbocycles. The maximum absolute atomic E-state index is 10.6. The zero-order chi connectivity index (χ0) is 8.15. The summed E-state index contributed by atoms with van der Waals surface area (Å²) in [5, 5.41) is 0. The van der Waals surface area contributed by atoms with Crippen molar-refractivity contribution in [2.45, 2.75) is 6.17 Å². The summed E-state index contributed by atoms with van der Waals surface area (Å²) in [5.41, 5.74) is 5.14. The van der Waals surface area contributed by atoms with Crippen LogP contribution in [0.4, 0.5) is 0 Å². The van der Waals surface area contributed by atoms with Crippen LogP contribution in [0.1, 0.15) is 0 Å². The minimum atomic E-state index is -1.10. The lowest BCUT2D eigenvalue weighted by atomic mass is 10.5. The fourth-order valence-electron chi connectivity index (χ4n) is 0.252. The van der Waals surface area contributed by atoms with Gasteiger partial charge in [0.2, 0.25) is 6.41 Å². The van der Waals surface area contributed by atoms with Crippen molar-refractivity contribution in [3.05, 3.63) is 0 Å². The fourth-order valence-corrected chi connectivity index (χ4v) is 0.489. The van der Waals surface area contributed by atoms with Gasteiger partial charge in [0.05, 0.1) is 0 Å². The number of hydrogen-bond acceptors (Lipinski definition) is 5. The van der Waals surface area contributed by atoms with Gasteiger partial charge >= 0.3 is 0 Å². The molecule has 0 aromatic carbocycles. The first kappa shape index (κ1) is 9.60. The molecule has 0 fully saturated rings. The topological polar surface area (TPSA) is 75.4 Å². The Morgan fingerprint density at radius 1 is 1.80 bits per heavy atom. The van der Waals surface area contributed by atoms with E-state index >= 15 is 0 Å². The molecule has 0 saturated heterocycles. The van der Waals surface area contributed by atoms with Gasteiger partial charge in [-0.15, -0.1) is 0 Å². The molecule has 0 aliphatic carbocycles. The van der Waals surface area contributed by atoms with Crippen molar-refractivity contribution in [3.63, 3.8) is 0 Å². The smallest absolute Gasteiger partial charge is 0.268 e. The summed E-state index contributed by atoms with van der Waals surface area (Å²) in [6.07, 6.45) is -0.769. The molecule has 0 heterocycles. The quantitative estimate of drug-likeness (QED) is 0.244. The number of carbonyl (C=O) groups excluding carboxylic acids is 2. The number of rotatable bonds is 3. The number of carbonyl (C=O) groups is 2. The minimum absolute atomic E-state index is 0.330. The van der Waals surface area contributed by atoms with Gasteiger partial charge in [-0.1, -0.05) is 25.6 Å². The summed E-state index contributed by atoms with van der Waals surface area (Å²) < 4.78 is 2.69. The zero-order valence-electron chi connectivity index (χ0n) is 4.89. The van der Waals surface area contributed by atoms with Crippen molar-refractivity contribution in [3.8, 4) is 0 Å². The van der Waals surface area contributed by atoms with Gasteiger partial charge < -0.3 is 5.73 Å². The minimum Gasteiger partial charge on any atom is -0.302 e. The van der Waals surface area contributed by atoms with Crippen LogP contribution in [-0.2, 0) is 9.59 Å². The lowest BCUT2D eigenvalue weighted by Crippen LogP contribution is -2.46. The van der Waals surface area contributed by atoms with Gasteiger partial charge in [0.1, 0.15) is 0 Å². The van der Waals surface area contributed by atoms with Crippen LogP contribution in [0.2, 0.25) is 0 Å². The molecule has 2 amide bonds. The normalized spacial score (nSPS) is 11.9. The monoisotopic (exact) mass is 181 g/mol. The molecule has 7 heteroatoms. The van der Waals surface area contributed by atoms with Crippen LogP contribution in [0.3, 0.4) is 0 Å². The number of nitrogens with one attached hydrogen (secondary N) is 1. The van der Waals surface area contributed by atoms with Crippen LogP contribution < -0.4 is 10.5 Å². The highest BCUT2D eigenvalue weighted by atomic mass is 32.1. The van der Waals surface area contributed by atoms with E-state index in [-0.39, 0.29) is 0 Å². The number of hydrogen-bond donors (Lipinski definition) is 4. The number of thiol groups is 2. The van der Waals surface area contributed by atoms with E-state index in [9.17, 15) is 9.59 Å². The molecule has 0 aliphatic heterocycles. The molecule has 0 spiro atoms. The lowest BCUT2D eigenvalue weighted by molar-refractivity contribution is -0.127. The van der Waals surface area contributed by atoms with Crippen molar-refractivity contribution in [1.82, 2.24) is 9.03 Å². The largest absolute Gasteiger partial charge is 0.302 e. The van der Waals surface area contributed by atoms with Crippen molar-refractivity contribution < 1.29 is 9.59 Å². The first-order valence-corrected chi connectivity index (χ1v) is 3.10. The molecular formula is C3H7N3O2S2. The van der Waals surface area contributed by atoms with E-state index in [1.807, 2.05) is 4.72 Å². The number of nitrogens with zero attached hydrogens (tertiary/aromatic N) is 1. The van der Waals surface area contributed by atoms with Gasteiger partial charge in [-0.05, 0) is 0 Å². The Labute approximate surface area is 69.0 Å². The first-order chi connectivity index (χ1) is 4.63. The molecule has 0 aromatic rings. The van der Waals surface area contributed by atoms with Crippen molar-refractivity contribution >= 4 is 37.9 Å². The molecule has 0 radical (unpaired) electrons. The highest BCUT2D eigenvalue weighted by molar-refractivity contribution is 7.79. The number of nitrogens with two attached hydrogens (primary N) is 1. The highest BCUT2D eigenvalue weighted by Crippen LogP contribution is 1.92. The Balaban J connectivity index is 3.93. The predicted molar refractivity (Wildman–Crippen MR) is 42.0 cm³/mol. The summed E-state index contributed by atoms with van der Waals surface area (Å²) >= 11 is 7.00. The van der Waals surface area contributed by atoms with Gasteiger partial charge in [0.15, 0.2) is 6.17 Å². The van der Waals surface area contributed by atoms with Crippen LogP contribution in [0.15, 0.2) is 0 Å². The van der Waals surface area contributed by atoms with Gasteiger partial charge in [0, 0.05) is 0 Å². The fraction of sp³-hybridized carbons (Fsp3) is 0.333. The molecular weight excluding hydrogens is 174 g/mol. The Hall–Kier alpha value is -0.400. The lowest BCUT2D eigenvalue weighted by Gasteiger charge is -2.15. The summed E-state index contributed by atoms with van der Waals surface area (Å²) in [4.78, 5) is 20.5. The standard InChI is InChI=1S/C3H7N3O2S2/c4-2(3(8)5-9)6(10)1-7/h1-2,9-10H,4H2,(H,5,8). The average molecular weight is 181 g/mol. The molecule has 0 aliphatic rings. The molecule has 3 N–H and O–H groups in total. The van der Waals surface area contributed by atoms with E-state index in [0.29, 0.717) is 6.41 Å². The second kappa shape index (κ2) is 4.42. The molecule has 0 aromatic heterocycles. The Morgan fingerprint density at radius 3 is 2.60 bits per heavy atom. The molecule has 5 nitrogen and oxygen atoms in total. The van der Waals surface area contributed by atoms with Crippen molar-refractivity contribution in [2.24, 2.45) is 5.73 Å². The SMILES string of the molecule is NC(C(=O)NS)N(S)C=O.